The highest BCUT2D eigenvalue weighted by molar-refractivity contribution is 6.00. The summed E-state index contributed by atoms with van der Waals surface area (Å²) >= 11 is 0. The fourth-order valence-corrected chi connectivity index (χ4v) is 3.03. The van der Waals surface area contributed by atoms with Gasteiger partial charge in [0.25, 0.3) is 0 Å². The number of ketones is 1. The second-order valence-corrected chi connectivity index (χ2v) is 5.57. The summed E-state index contributed by atoms with van der Waals surface area (Å²) in [5.41, 5.74) is 0. The minimum atomic E-state index is -0.329. The largest absolute Gasteiger partial charge is 0.444 e. The Hall–Kier alpha value is -2.33. The van der Waals surface area contributed by atoms with Crippen LogP contribution in [0.25, 0.3) is 11.8 Å². The first-order chi connectivity index (χ1) is 10.8. The normalized spacial score (nSPS) is 23.7. The Bertz CT molecular complexity index is 785. The number of carbonyl (C=O) groups is 1. The summed E-state index contributed by atoms with van der Waals surface area (Å²) in [7, 11) is 0. The molecular weight excluding hydrogens is 278 g/mol. The van der Waals surface area contributed by atoms with Gasteiger partial charge in [-0.2, -0.15) is 0 Å². The van der Waals surface area contributed by atoms with E-state index in [0.29, 0.717) is 19.1 Å². The number of nitrogens with zero attached hydrogens (tertiary/aromatic N) is 1. The average molecular weight is 295 g/mol. The second-order valence-electron chi connectivity index (χ2n) is 5.57. The summed E-state index contributed by atoms with van der Waals surface area (Å²) in [4.78, 5) is 14.6. The topological polar surface area (TPSA) is 38.8 Å². The summed E-state index contributed by atoms with van der Waals surface area (Å²) in [6.07, 6.45) is 7.49. The first kappa shape index (κ1) is 13.3. The molecule has 2 aliphatic heterocycles. The molecule has 4 heteroatoms. The smallest absolute Gasteiger partial charge is 0.199 e. The zero-order chi connectivity index (χ0) is 14.9. The van der Waals surface area contributed by atoms with E-state index in [1.165, 1.54) is 0 Å². The van der Waals surface area contributed by atoms with Crippen molar-refractivity contribution in [3.8, 4) is 0 Å². The standard InChI is InChI=1S/C18H17NO3/c20-16-12-17(19-8-10-21-11-9-19)22-18-14-6-2-1-4-13(14)5-3-7-15(16)18/h1-7,12,15H,8-11H2. The molecule has 2 heterocycles. The highest BCUT2D eigenvalue weighted by Crippen LogP contribution is 2.28. The lowest BCUT2D eigenvalue weighted by molar-refractivity contribution is -0.117. The number of morpholine rings is 1. The summed E-state index contributed by atoms with van der Waals surface area (Å²) in [5, 5.41) is 2.07. The van der Waals surface area contributed by atoms with Crippen molar-refractivity contribution in [2.75, 3.05) is 26.3 Å². The van der Waals surface area contributed by atoms with Gasteiger partial charge in [-0.3, -0.25) is 4.79 Å². The van der Waals surface area contributed by atoms with E-state index in [9.17, 15) is 4.79 Å². The van der Waals surface area contributed by atoms with Gasteiger partial charge in [-0.05, 0) is 5.22 Å². The summed E-state index contributed by atoms with van der Waals surface area (Å²) < 4.78 is 11.5. The van der Waals surface area contributed by atoms with Crippen LogP contribution in [0.15, 0.2) is 48.4 Å². The van der Waals surface area contributed by atoms with Gasteiger partial charge in [0.1, 0.15) is 5.76 Å². The van der Waals surface area contributed by atoms with Crippen molar-refractivity contribution in [3.63, 3.8) is 0 Å². The molecular formula is C18H17NO3. The van der Waals surface area contributed by atoms with Crippen LogP contribution in [-0.4, -0.2) is 37.0 Å². The third-order valence-corrected chi connectivity index (χ3v) is 4.20. The van der Waals surface area contributed by atoms with Crippen LogP contribution in [0.5, 0.6) is 0 Å². The molecule has 0 N–H and O–H groups in total. The van der Waals surface area contributed by atoms with Crippen molar-refractivity contribution in [2.24, 2.45) is 5.92 Å². The molecule has 0 bridgehead atoms. The number of hydrogen-bond acceptors (Lipinski definition) is 4. The van der Waals surface area contributed by atoms with Crippen LogP contribution in [0.4, 0.5) is 0 Å². The molecule has 0 radical (unpaired) electrons. The van der Waals surface area contributed by atoms with Crippen LogP contribution < -0.4 is 10.4 Å². The van der Waals surface area contributed by atoms with E-state index in [0.717, 1.165) is 29.3 Å². The molecule has 1 atom stereocenters. The van der Waals surface area contributed by atoms with Gasteiger partial charge < -0.3 is 14.4 Å². The molecule has 4 nitrogen and oxygen atoms in total. The van der Waals surface area contributed by atoms with Gasteiger partial charge in [0.15, 0.2) is 11.7 Å². The van der Waals surface area contributed by atoms with Crippen molar-refractivity contribution in [1.82, 2.24) is 4.90 Å². The average Bonchev–Trinajstić information content (AvgIpc) is 2.76. The second kappa shape index (κ2) is 5.46. The third kappa shape index (κ3) is 2.25. The molecule has 1 fully saturated rings. The molecule has 112 valence electrons. The number of benzene rings is 1. The number of hydrogen-bond donors (Lipinski definition) is 0. The van der Waals surface area contributed by atoms with Crippen LogP contribution in [0, 0.1) is 5.92 Å². The van der Waals surface area contributed by atoms with Gasteiger partial charge in [0.05, 0.1) is 19.1 Å². The molecule has 0 aromatic heterocycles. The molecule has 0 amide bonds. The Kier molecular flexibility index (Phi) is 3.31. The molecule has 22 heavy (non-hydrogen) atoms. The number of ether oxygens (including phenoxy) is 2. The molecule has 0 saturated carbocycles. The Morgan fingerprint density at radius 2 is 1.95 bits per heavy atom. The van der Waals surface area contributed by atoms with E-state index in [1.807, 2.05) is 42.5 Å². The van der Waals surface area contributed by atoms with Crippen molar-refractivity contribution in [1.29, 1.82) is 0 Å². The zero-order valence-electron chi connectivity index (χ0n) is 12.2. The molecule has 1 aromatic carbocycles. The Labute approximate surface area is 128 Å². The Morgan fingerprint density at radius 3 is 2.82 bits per heavy atom. The minimum Gasteiger partial charge on any atom is -0.444 e. The van der Waals surface area contributed by atoms with Gasteiger partial charge in [0.2, 0.25) is 0 Å². The van der Waals surface area contributed by atoms with Crippen LogP contribution in [-0.2, 0) is 14.3 Å². The quantitative estimate of drug-likeness (QED) is 0.758. The highest BCUT2D eigenvalue weighted by Gasteiger charge is 2.31. The third-order valence-electron chi connectivity index (χ3n) is 4.20. The lowest BCUT2D eigenvalue weighted by atomic mass is 9.97. The molecule has 1 unspecified atom stereocenters. The molecule has 4 rings (SSSR count). The maximum Gasteiger partial charge on any atom is 0.199 e. The van der Waals surface area contributed by atoms with Gasteiger partial charge in [-0.25, -0.2) is 0 Å². The zero-order valence-corrected chi connectivity index (χ0v) is 12.2. The maximum atomic E-state index is 12.5. The fourth-order valence-electron chi connectivity index (χ4n) is 3.03. The van der Waals surface area contributed by atoms with Crippen LogP contribution in [0.2, 0.25) is 0 Å². The van der Waals surface area contributed by atoms with Crippen molar-refractivity contribution >= 4 is 17.6 Å². The monoisotopic (exact) mass is 295 g/mol. The maximum absolute atomic E-state index is 12.5. The number of carbonyl (C=O) groups excluding carboxylic acids is 1. The SMILES string of the molecule is O=C1C=C(N2CCOCC2)OC2=c3ccccc3=CC=CC12. The first-order valence-corrected chi connectivity index (χ1v) is 7.57. The van der Waals surface area contributed by atoms with Crippen molar-refractivity contribution in [3.05, 3.63) is 58.8 Å². The molecule has 0 spiro atoms. The van der Waals surface area contributed by atoms with Gasteiger partial charge >= 0.3 is 0 Å². The fraction of sp³-hybridized carbons (Fsp3) is 0.278. The van der Waals surface area contributed by atoms with E-state index < -0.39 is 0 Å². The summed E-state index contributed by atoms with van der Waals surface area (Å²) in [6, 6.07) is 8.02. The van der Waals surface area contributed by atoms with E-state index in [-0.39, 0.29) is 11.7 Å². The Balaban J connectivity index is 1.82. The summed E-state index contributed by atoms with van der Waals surface area (Å²) in [6.45, 7) is 2.83. The first-order valence-electron chi connectivity index (χ1n) is 7.57. The van der Waals surface area contributed by atoms with Crippen molar-refractivity contribution in [2.45, 2.75) is 0 Å². The van der Waals surface area contributed by atoms with E-state index in [1.54, 1.807) is 6.08 Å². The minimum absolute atomic E-state index is 0.0732. The van der Waals surface area contributed by atoms with E-state index in [4.69, 9.17) is 9.47 Å². The van der Waals surface area contributed by atoms with Gasteiger partial charge in [-0.1, -0.05) is 42.5 Å². The van der Waals surface area contributed by atoms with E-state index >= 15 is 0 Å². The highest BCUT2D eigenvalue weighted by atomic mass is 16.5. The number of allylic oxidation sites excluding steroid dienone is 2. The van der Waals surface area contributed by atoms with Gasteiger partial charge in [0, 0.05) is 24.4 Å². The predicted molar refractivity (Wildman–Crippen MR) is 82.8 cm³/mol. The van der Waals surface area contributed by atoms with Crippen LogP contribution >= 0.6 is 0 Å². The number of fused-ring (bicyclic) bond motifs is 2. The molecule has 3 aliphatic rings. The molecule has 1 aliphatic carbocycles. The number of rotatable bonds is 1. The molecule has 1 aromatic rings. The predicted octanol–water partition coefficient (Wildman–Crippen LogP) is 0.534. The van der Waals surface area contributed by atoms with E-state index in [2.05, 4.69) is 4.90 Å². The van der Waals surface area contributed by atoms with Crippen molar-refractivity contribution < 1.29 is 14.3 Å². The lowest BCUT2D eigenvalue weighted by Gasteiger charge is -2.33. The van der Waals surface area contributed by atoms with Crippen LogP contribution in [0.1, 0.15) is 0 Å². The summed E-state index contributed by atoms with van der Waals surface area (Å²) in [5.74, 6) is 1.12. The molecule has 1 saturated heterocycles. The van der Waals surface area contributed by atoms with Gasteiger partial charge in [-0.15, -0.1) is 0 Å². The lowest BCUT2D eigenvalue weighted by Crippen LogP contribution is -2.40. The Morgan fingerprint density at radius 1 is 1.14 bits per heavy atom. The van der Waals surface area contributed by atoms with Crippen LogP contribution in [0.3, 0.4) is 0 Å².